The lowest BCUT2D eigenvalue weighted by Gasteiger charge is -2.23. The second kappa shape index (κ2) is 4.01. The predicted molar refractivity (Wildman–Crippen MR) is 69.9 cm³/mol. The van der Waals surface area contributed by atoms with Crippen molar-refractivity contribution in [3.05, 3.63) is 28.2 Å². The van der Waals surface area contributed by atoms with Gasteiger partial charge in [0.05, 0.1) is 34.1 Å². The summed E-state index contributed by atoms with van der Waals surface area (Å²) in [5.41, 5.74) is 7.11. The fraction of sp³-hybridized carbons (Fsp3) is 0.417. The molecule has 2 unspecified atom stereocenters. The summed E-state index contributed by atoms with van der Waals surface area (Å²) in [6.45, 7) is 3.05. The molecule has 1 saturated heterocycles. The molecule has 6 heteroatoms. The first-order valence-corrected chi connectivity index (χ1v) is 6.48. The van der Waals surface area contributed by atoms with Crippen molar-refractivity contribution in [2.24, 2.45) is 5.73 Å². The molecule has 1 aliphatic heterocycles. The van der Waals surface area contributed by atoms with E-state index in [0.29, 0.717) is 23.2 Å². The van der Waals surface area contributed by atoms with Crippen LogP contribution in [0.4, 0.5) is 4.39 Å². The van der Waals surface area contributed by atoms with Crippen molar-refractivity contribution in [3.8, 4) is 0 Å². The van der Waals surface area contributed by atoms with Crippen LogP contribution in [0.5, 0.6) is 0 Å². The van der Waals surface area contributed by atoms with E-state index in [1.807, 2.05) is 6.92 Å². The number of rotatable bonds is 1. The number of benzene rings is 1. The van der Waals surface area contributed by atoms with Gasteiger partial charge in [-0.05, 0) is 28.9 Å². The quantitative estimate of drug-likeness (QED) is 0.847. The molecule has 1 aromatic heterocycles. The minimum atomic E-state index is -0.345. The SMILES string of the molecule is CC1(c2nc3cc(Br)c(F)cc3[nH]2)COCC1N. The normalized spacial score (nSPS) is 28.1. The highest BCUT2D eigenvalue weighted by Gasteiger charge is 2.41. The number of imidazole rings is 1. The zero-order chi connectivity index (χ0) is 12.9. The molecular formula is C12H13BrFN3O. The summed E-state index contributed by atoms with van der Waals surface area (Å²) in [5, 5.41) is 0. The van der Waals surface area contributed by atoms with Crippen LogP contribution >= 0.6 is 15.9 Å². The number of fused-ring (bicyclic) bond motifs is 1. The molecule has 96 valence electrons. The maximum atomic E-state index is 13.5. The highest BCUT2D eigenvalue weighted by molar-refractivity contribution is 9.10. The lowest BCUT2D eigenvalue weighted by atomic mass is 9.85. The number of nitrogens with zero attached hydrogens (tertiary/aromatic N) is 1. The largest absolute Gasteiger partial charge is 0.379 e. The summed E-state index contributed by atoms with van der Waals surface area (Å²) >= 11 is 3.16. The number of nitrogens with one attached hydrogen (secondary N) is 1. The van der Waals surface area contributed by atoms with Crippen LogP contribution in [0.15, 0.2) is 16.6 Å². The Morgan fingerprint density at radius 1 is 1.61 bits per heavy atom. The minimum absolute atomic E-state index is 0.105. The van der Waals surface area contributed by atoms with Crippen LogP contribution in [0.25, 0.3) is 11.0 Å². The Kier molecular flexibility index (Phi) is 2.69. The topological polar surface area (TPSA) is 63.9 Å². The second-order valence-corrected chi connectivity index (χ2v) is 5.76. The molecular weight excluding hydrogens is 301 g/mol. The van der Waals surface area contributed by atoms with E-state index in [-0.39, 0.29) is 17.3 Å². The first-order valence-electron chi connectivity index (χ1n) is 5.69. The van der Waals surface area contributed by atoms with E-state index in [1.54, 1.807) is 6.07 Å². The third-order valence-electron chi connectivity index (χ3n) is 3.58. The molecule has 0 amide bonds. The van der Waals surface area contributed by atoms with Gasteiger partial charge in [0.2, 0.25) is 0 Å². The summed E-state index contributed by atoms with van der Waals surface area (Å²) in [6, 6.07) is 2.99. The highest BCUT2D eigenvalue weighted by atomic mass is 79.9. The maximum absolute atomic E-state index is 13.5. The van der Waals surface area contributed by atoms with E-state index in [2.05, 4.69) is 25.9 Å². The van der Waals surface area contributed by atoms with Crippen LogP contribution in [-0.4, -0.2) is 29.2 Å². The van der Waals surface area contributed by atoms with E-state index in [4.69, 9.17) is 10.5 Å². The Balaban J connectivity index is 2.14. The number of H-pyrrole nitrogens is 1. The minimum Gasteiger partial charge on any atom is -0.379 e. The number of halogens is 2. The van der Waals surface area contributed by atoms with Gasteiger partial charge in [-0.2, -0.15) is 0 Å². The lowest BCUT2D eigenvalue weighted by molar-refractivity contribution is 0.178. The highest BCUT2D eigenvalue weighted by Crippen LogP contribution is 2.32. The Labute approximate surface area is 112 Å². The second-order valence-electron chi connectivity index (χ2n) is 4.91. The molecule has 3 rings (SSSR count). The van der Waals surface area contributed by atoms with Crippen molar-refractivity contribution in [1.82, 2.24) is 9.97 Å². The molecule has 0 saturated carbocycles. The lowest BCUT2D eigenvalue weighted by Crippen LogP contribution is -2.42. The summed E-state index contributed by atoms with van der Waals surface area (Å²) in [7, 11) is 0. The zero-order valence-corrected chi connectivity index (χ0v) is 11.4. The molecule has 4 nitrogen and oxygen atoms in total. The van der Waals surface area contributed by atoms with Gasteiger partial charge in [-0.1, -0.05) is 0 Å². The van der Waals surface area contributed by atoms with Gasteiger partial charge in [0.1, 0.15) is 11.6 Å². The van der Waals surface area contributed by atoms with Gasteiger partial charge in [-0.25, -0.2) is 9.37 Å². The van der Waals surface area contributed by atoms with Gasteiger partial charge in [-0.15, -0.1) is 0 Å². The summed E-state index contributed by atoms with van der Waals surface area (Å²) in [5.74, 6) is 0.440. The van der Waals surface area contributed by atoms with Gasteiger partial charge in [0.15, 0.2) is 0 Å². The van der Waals surface area contributed by atoms with Crippen molar-refractivity contribution in [1.29, 1.82) is 0 Å². The average Bonchev–Trinajstić information content (AvgIpc) is 2.86. The van der Waals surface area contributed by atoms with Gasteiger partial charge in [0.25, 0.3) is 0 Å². The van der Waals surface area contributed by atoms with Crippen LogP contribution in [0.3, 0.4) is 0 Å². The van der Waals surface area contributed by atoms with E-state index in [0.717, 1.165) is 11.3 Å². The van der Waals surface area contributed by atoms with E-state index < -0.39 is 0 Å². The van der Waals surface area contributed by atoms with Gasteiger partial charge in [-0.3, -0.25) is 0 Å². The van der Waals surface area contributed by atoms with Gasteiger partial charge >= 0.3 is 0 Å². The fourth-order valence-electron chi connectivity index (χ4n) is 2.21. The molecule has 18 heavy (non-hydrogen) atoms. The van der Waals surface area contributed by atoms with E-state index in [9.17, 15) is 4.39 Å². The monoisotopic (exact) mass is 313 g/mol. The summed E-state index contributed by atoms with van der Waals surface area (Å²) < 4.78 is 19.3. The third-order valence-corrected chi connectivity index (χ3v) is 4.19. The van der Waals surface area contributed by atoms with Crippen molar-refractivity contribution in [3.63, 3.8) is 0 Å². The van der Waals surface area contributed by atoms with Crippen LogP contribution in [0.1, 0.15) is 12.7 Å². The molecule has 2 heterocycles. The van der Waals surface area contributed by atoms with Crippen molar-refractivity contribution in [2.45, 2.75) is 18.4 Å². The Bertz CT molecular complexity index is 576. The molecule has 0 spiro atoms. The van der Waals surface area contributed by atoms with Crippen LogP contribution in [0.2, 0.25) is 0 Å². The van der Waals surface area contributed by atoms with Gasteiger partial charge < -0.3 is 15.5 Å². The molecule has 0 bridgehead atoms. The van der Waals surface area contributed by atoms with E-state index in [1.165, 1.54) is 6.07 Å². The Hall–Kier alpha value is -0.980. The first kappa shape index (κ1) is 12.1. The fourth-order valence-corrected chi connectivity index (χ4v) is 2.54. The zero-order valence-electron chi connectivity index (χ0n) is 9.84. The van der Waals surface area contributed by atoms with Crippen LogP contribution in [-0.2, 0) is 10.2 Å². The molecule has 1 aromatic carbocycles. The molecule has 2 atom stereocenters. The van der Waals surface area contributed by atoms with E-state index >= 15 is 0 Å². The first-order chi connectivity index (χ1) is 8.50. The number of aromatic amines is 1. The Morgan fingerprint density at radius 2 is 2.39 bits per heavy atom. The third kappa shape index (κ3) is 1.67. The number of hydrogen-bond acceptors (Lipinski definition) is 3. The molecule has 1 aliphatic rings. The number of hydrogen-bond donors (Lipinski definition) is 2. The Morgan fingerprint density at radius 3 is 3.06 bits per heavy atom. The predicted octanol–water partition coefficient (Wildman–Crippen LogP) is 2.08. The van der Waals surface area contributed by atoms with Gasteiger partial charge in [0, 0.05) is 12.1 Å². The molecule has 1 fully saturated rings. The number of aromatic nitrogens is 2. The standard InChI is InChI=1S/C12H13BrFN3O/c1-12(5-18-4-10(12)15)11-16-8-2-6(13)7(14)3-9(8)17-11/h2-3,10H,4-5,15H2,1H3,(H,16,17). The maximum Gasteiger partial charge on any atom is 0.139 e. The molecule has 0 radical (unpaired) electrons. The summed E-state index contributed by atoms with van der Waals surface area (Å²) in [6.07, 6.45) is 0. The van der Waals surface area contributed by atoms with Crippen LogP contribution in [0, 0.1) is 5.82 Å². The molecule has 2 aromatic rings. The molecule has 3 N–H and O–H groups in total. The summed E-state index contributed by atoms with van der Waals surface area (Å²) in [4.78, 5) is 7.65. The van der Waals surface area contributed by atoms with Crippen LogP contribution < -0.4 is 5.73 Å². The number of ether oxygens (including phenoxy) is 1. The number of nitrogens with two attached hydrogens (primary N) is 1. The smallest absolute Gasteiger partial charge is 0.139 e. The van der Waals surface area contributed by atoms with Crippen molar-refractivity contribution < 1.29 is 9.13 Å². The molecule has 0 aliphatic carbocycles. The van der Waals surface area contributed by atoms with Crippen molar-refractivity contribution in [2.75, 3.05) is 13.2 Å². The average molecular weight is 314 g/mol. The van der Waals surface area contributed by atoms with Crippen molar-refractivity contribution >= 4 is 27.0 Å².